The maximum Gasteiger partial charge on any atom is 0.206 e. The number of halogens is 1. The third kappa shape index (κ3) is 3.10. The molecule has 3 heteroatoms. The molecular weight excluding hydrogens is 351 g/mol. The van der Waals surface area contributed by atoms with Crippen LogP contribution in [-0.2, 0) is 10.3 Å². The third-order valence-electron chi connectivity index (χ3n) is 5.20. The van der Waals surface area contributed by atoms with Crippen LogP contribution in [0.4, 0.5) is 4.39 Å². The fraction of sp³-hybridized carbons (Fsp3) is 0.280. The number of fused-ring (bicyclic) bond motifs is 1. The van der Waals surface area contributed by atoms with E-state index in [9.17, 15) is 4.39 Å². The van der Waals surface area contributed by atoms with Crippen molar-refractivity contribution in [3.63, 3.8) is 0 Å². The molecule has 0 saturated heterocycles. The van der Waals surface area contributed by atoms with E-state index in [2.05, 4.69) is 52.0 Å². The van der Waals surface area contributed by atoms with Gasteiger partial charge >= 0.3 is 0 Å². The van der Waals surface area contributed by atoms with Gasteiger partial charge in [0.2, 0.25) is 6.29 Å². The second-order valence-electron chi connectivity index (χ2n) is 8.48. The summed E-state index contributed by atoms with van der Waals surface area (Å²) in [6.07, 6.45) is -0.464. The summed E-state index contributed by atoms with van der Waals surface area (Å²) in [5.74, 6) is 0.522. The Morgan fingerprint density at radius 1 is 0.821 bits per heavy atom. The third-order valence-corrected chi connectivity index (χ3v) is 5.20. The summed E-state index contributed by atoms with van der Waals surface area (Å²) in [6.45, 7) is 8.34. The largest absolute Gasteiger partial charge is 0.464 e. The zero-order chi connectivity index (χ0) is 19.9. The molecule has 0 amide bonds. The molecule has 28 heavy (non-hydrogen) atoms. The molecule has 0 spiro atoms. The van der Waals surface area contributed by atoms with E-state index in [1.807, 2.05) is 24.3 Å². The van der Waals surface area contributed by atoms with E-state index < -0.39 is 11.9 Å². The van der Waals surface area contributed by atoms with E-state index in [4.69, 9.17) is 9.47 Å². The van der Waals surface area contributed by atoms with Gasteiger partial charge in [0.05, 0.1) is 0 Å². The van der Waals surface area contributed by atoms with Crippen LogP contribution in [0.2, 0.25) is 0 Å². The molecular formula is C25H25FO2. The Labute approximate surface area is 165 Å². The maximum absolute atomic E-state index is 13.7. The van der Waals surface area contributed by atoms with Crippen LogP contribution in [0.5, 0.6) is 5.75 Å². The van der Waals surface area contributed by atoms with Crippen molar-refractivity contribution < 1.29 is 13.9 Å². The molecule has 0 N–H and O–H groups in total. The lowest BCUT2D eigenvalue weighted by molar-refractivity contribution is -0.208. The zero-order valence-electron chi connectivity index (χ0n) is 16.7. The van der Waals surface area contributed by atoms with Gasteiger partial charge in [-0.05, 0) is 36.2 Å². The number of hydrogen-bond donors (Lipinski definition) is 0. The second kappa shape index (κ2) is 6.75. The van der Waals surface area contributed by atoms with Gasteiger partial charge in [-0.2, -0.15) is 0 Å². The summed E-state index contributed by atoms with van der Waals surface area (Å²) < 4.78 is 26.7. The van der Waals surface area contributed by atoms with Gasteiger partial charge in [0.1, 0.15) is 11.6 Å². The topological polar surface area (TPSA) is 18.5 Å². The highest BCUT2D eigenvalue weighted by Gasteiger charge is 2.48. The molecule has 0 radical (unpaired) electrons. The fourth-order valence-electron chi connectivity index (χ4n) is 3.66. The van der Waals surface area contributed by atoms with Crippen molar-refractivity contribution in [2.75, 3.05) is 0 Å². The Kier molecular flexibility index (Phi) is 4.51. The lowest BCUT2D eigenvalue weighted by Gasteiger charge is -2.46. The molecule has 3 aromatic rings. The van der Waals surface area contributed by atoms with Gasteiger partial charge in [-0.1, -0.05) is 80.9 Å². The van der Waals surface area contributed by atoms with Crippen LogP contribution in [0.25, 0.3) is 0 Å². The molecule has 0 aromatic heterocycles. The minimum absolute atomic E-state index is 0.247. The van der Waals surface area contributed by atoms with E-state index in [-0.39, 0.29) is 11.2 Å². The van der Waals surface area contributed by atoms with Gasteiger partial charge in [-0.25, -0.2) is 4.39 Å². The Bertz CT molecular complexity index is 923. The minimum atomic E-state index is -0.881. The van der Waals surface area contributed by atoms with Crippen LogP contribution in [0.15, 0.2) is 72.8 Å². The molecule has 1 heterocycles. The first kappa shape index (κ1) is 18.7. The molecule has 144 valence electrons. The van der Waals surface area contributed by atoms with Crippen LogP contribution >= 0.6 is 0 Å². The Morgan fingerprint density at radius 2 is 1.39 bits per heavy atom. The zero-order valence-corrected chi connectivity index (χ0v) is 16.7. The number of para-hydroxylation sites is 1. The van der Waals surface area contributed by atoms with Crippen LogP contribution < -0.4 is 4.74 Å². The van der Waals surface area contributed by atoms with Crippen molar-refractivity contribution in [2.45, 2.75) is 39.6 Å². The molecule has 1 aliphatic heterocycles. The van der Waals surface area contributed by atoms with Crippen LogP contribution in [0, 0.1) is 18.2 Å². The van der Waals surface area contributed by atoms with Crippen molar-refractivity contribution in [1.29, 1.82) is 0 Å². The summed E-state index contributed by atoms with van der Waals surface area (Å²) in [5.41, 5.74) is 2.84. The van der Waals surface area contributed by atoms with Crippen LogP contribution in [0.1, 0.15) is 43.0 Å². The fourth-order valence-corrected chi connectivity index (χ4v) is 3.66. The molecule has 3 aromatic carbocycles. The van der Waals surface area contributed by atoms with E-state index >= 15 is 0 Å². The molecule has 0 saturated carbocycles. The van der Waals surface area contributed by atoms with Crippen molar-refractivity contribution >= 4 is 0 Å². The molecule has 2 atom stereocenters. The molecule has 4 rings (SSSR count). The lowest BCUT2D eigenvalue weighted by atomic mass is 9.78. The van der Waals surface area contributed by atoms with Gasteiger partial charge in [0.25, 0.3) is 0 Å². The highest BCUT2D eigenvalue weighted by molar-refractivity contribution is 5.54. The number of aryl methyl sites for hydroxylation is 1. The van der Waals surface area contributed by atoms with Crippen molar-refractivity contribution in [2.24, 2.45) is 5.41 Å². The Hall–Kier alpha value is -2.65. The van der Waals surface area contributed by atoms with Crippen molar-refractivity contribution in [1.82, 2.24) is 0 Å². The predicted molar refractivity (Wildman–Crippen MR) is 109 cm³/mol. The smallest absolute Gasteiger partial charge is 0.206 e. The standard InChI is InChI=1S/C25H25FO2/c1-17-9-11-18(12-10-17)25(19-13-15-20(26)16-14-19)21-7-5-6-8-22(21)27-23(28-25)24(2,3)4/h5-16,23H,1-4H3. The minimum Gasteiger partial charge on any atom is -0.464 e. The first-order valence-corrected chi connectivity index (χ1v) is 9.58. The van der Waals surface area contributed by atoms with Gasteiger partial charge < -0.3 is 9.47 Å². The molecule has 0 aliphatic carbocycles. The summed E-state index contributed by atoms with van der Waals surface area (Å²) in [7, 11) is 0. The number of ether oxygens (including phenoxy) is 2. The van der Waals surface area contributed by atoms with Crippen molar-refractivity contribution in [3.8, 4) is 5.75 Å². The van der Waals surface area contributed by atoms with E-state index in [0.29, 0.717) is 0 Å². The summed E-state index contributed by atoms with van der Waals surface area (Å²) in [4.78, 5) is 0. The molecule has 2 unspecified atom stereocenters. The van der Waals surface area contributed by atoms with Gasteiger partial charge in [0, 0.05) is 11.0 Å². The average molecular weight is 376 g/mol. The van der Waals surface area contributed by atoms with Gasteiger partial charge in [-0.15, -0.1) is 0 Å². The van der Waals surface area contributed by atoms with E-state index in [0.717, 1.165) is 22.4 Å². The highest BCUT2D eigenvalue weighted by atomic mass is 19.1. The first-order chi connectivity index (χ1) is 13.3. The number of hydrogen-bond acceptors (Lipinski definition) is 2. The van der Waals surface area contributed by atoms with Gasteiger partial charge in [0.15, 0.2) is 5.60 Å². The molecule has 2 nitrogen and oxygen atoms in total. The first-order valence-electron chi connectivity index (χ1n) is 9.58. The normalized spacial score (nSPS) is 21.7. The van der Waals surface area contributed by atoms with E-state index in [1.54, 1.807) is 12.1 Å². The summed E-state index contributed by atoms with van der Waals surface area (Å²) in [5, 5.41) is 0. The number of benzene rings is 3. The Morgan fingerprint density at radius 3 is 2.00 bits per heavy atom. The van der Waals surface area contributed by atoms with Crippen LogP contribution in [-0.4, -0.2) is 6.29 Å². The molecule has 1 aliphatic rings. The predicted octanol–water partition coefficient (Wildman–Crippen LogP) is 6.21. The van der Waals surface area contributed by atoms with Gasteiger partial charge in [-0.3, -0.25) is 0 Å². The Balaban J connectivity index is 2.03. The monoisotopic (exact) mass is 376 g/mol. The summed E-state index contributed by atoms with van der Waals surface area (Å²) >= 11 is 0. The number of rotatable bonds is 2. The summed E-state index contributed by atoms with van der Waals surface area (Å²) in [6, 6.07) is 22.8. The van der Waals surface area contributed by atoms with E-state index in [1.165, 1.54) is 17.7 Å². The quantitative estimate of drug-likeness (QED) is 0.529. The highest BCUT2D eigenvalue weighted by Crippen LogP contribution is 2.50. The van der Waals surface area contributed by atoms with Crippen LogP contribution in [0.3, 0.4) is 0 Å². The molecule has 0 fully saturated rings. The SMILES string of the molecule is Cc1ccc(C2(c3ccc(F)cc3)OC(C(C)(C)C)Oc3ccccc32)cc1. The lowest BCUT2D eigenvalue weighted by Crippen LogP contribution is -2.48. The molecule has 0 bridgehead atoms. The van der Waals surface area contributed by atoms with Crippen molar-refractivity contribution in [3.05, 3.63) is 101 Å². The second-order valence-corrected chi connectivity index (χ2v) is 8.48. The maximum atomic E-state index is 13.7. The average Bonchev–Trinajstić information content (AvgIpc) is 2.67.